The first kappa shape index (κ1) is 59.7. The normalized spacial score (nSPS) is 12.2. The first-order chi connectivity index (χ1) is 54.1. The van der Waals surface area contributed by atoms with Crippen LogP contribution in [-0.2, 0) is 0 Å². The van der Waals surface area contributed by atoms with Gasteiger partial charge in [-0.3, -0.25) is 0 Å². The van der Waals surface area contributed by atoms with Gasteiger partial charge in [-0.05, 0) is 184 Å². The van der Waals surface area contributed by atoms with E-state index in [4.69, 9.17) is 13.3 Å². The van der Waals surface area contributed by atoms with E-state index in [-0.39, 0.29) is 0 Å². The molecular weight excluding hydrogens is 1330 g/mol. The molecular formula is C102H60N4O3. The Morgan fingerprint density at radius 3 is 1.05 bits per heavy atom. The number of aromatic nitrogens is 4. The van der Waals surface area contributed by atoms with E-state index in [0.717, 1.165) is 155 Å². The van der Waals surface area contributed by atoms with Crippen molar-refractivity contribution in [1.29, 1.82) is 0 Å². The monoisotopic (exact) mass is 1390 g/mol. The van der Waals surface area contributed by atoms with Gasteiger partial charge in [-0.25, -0.2) is 0 Å². The molecule has 0 radical (unpaired) electrons. The average molecular weight is 1390 g/mol. The summed E-state index contributed by atoms with van der Waals surface area (Å²) in [4.78, 5) is 0. The highest BCUT2D eigenvalue weighted by Crippen LogP contribution is 2.49. The van der Waals surface area contributed by atoms with Crippen LogP contribution in [-0.4, -0.2) is 18.3 Å². The standard InChI is InChI=1S/C102H60N4O3/c1-2-20-61(21-3-1)62-44-48-66(49-45-62)103-85-35-9-4-26-78(85)98-73(30-16-38-88(98)103)74-31-17-39-89-99(74)79-27-5-10-36-86(79)104(89)67-23-14-22-63(56-67)64-47-53-97-82(57-64)77-34-15-29-70(102(77)109-97)65-46-52-81-92(58-65)106(69-51-55-96-84(60-69)72-25-8-13-43-94(72)108-96)91-41-19-33-76(101(81)91)75-32-18-40-90-100(75)80-28-6-11-37-87(80)105(90)68-50-54-95-83(59-68)71-24-7-12-42-93(71)107-95/h1-60H. The average Bonchev–Trinajstić information content (AvgIpc) is 1.57. The van der Waals surface area contributed by atoms with Crippen molar-refractivity contribution in [2.45, 2.75) is 0 Å². The number of fused-ring (bicyclic) bond motifs is 21. The highest BCUT2D eigenvalue weighted by molar-refractivity contribution is 6.25. The number of hydrogen-bond acceptors (Lipinski definition) is 3. The zero-order chi connectivity index (χ0) is 71.1. The lowest BCUT2D eigenvalue weighted by Gasteiger charge is -2.12. The van der Waals surface area contributed by atoms with Crippen LogP contribution in [0.2, 0.25) is 0 Å². The summed E-state index contributed by atoms with van der Waals surface area (Å²) in [6, 6.07) is 133. The molecule has 0 unspecified atom stereocenters. The maximum atomic E-state index is 7.11. The molecule has 0 atom stereocenters. The Morgan fingerprint density at radius 2 is 0.495 bits per heavy atom. The topological polar surface area (TPSA) is 59.1 Å². The Balaban J connectivity index is 0.634. The Labute approximate surface area is 623 Å². The molecule has 7 aromatic heterocycles. The molecule has 0 aliphatic rings. The Kier molecular flexibility index (Phi) is 12.6. The molecule has 0 N–H and O–H groups in total. The largest absolute Gasteiger partial charge is 0.456 e. The number of benzene rings is 17. The molecule has 506 valence electrons. The summed E-state index contributed by atoms with van der Waals surface area (Å²) in [5.41, 5.74) is 30.1. The van der Waals surface area contributed by atoms with E-state index in [0.29, 0.717) is 0 Å². The lowest BCUT2D eigenvalue weighted by atomic mass is 9.94. The molecule has 17 aromatic carbocycles. The van der Waals surface area contributed by atoms with Crippen molar-refractivity contribution in [3.05, 3.63) is 364 Å². The molecule has 24 rings (SSSR count). The molecule has 0 saturated carbocycles. The summed E-state index contributed by atoms with van der Waals surface area (Å²) in [6.45, 7) is 0. The fourth-order valence-electron chi connectivity index (χ4n) is 18.5. The molecule has 0 amide bonds. The first-order valence-corrected chi connectivity index (χ1v) is 37.3. The van der Waals surface area contributed by atoms with Gasteiger partial charge in [0.1, 0.15) is 33.5 Å². The van der Waals surface area contributed by atoms with Crippen LogP contribution in [0.15, 0.2) is 377 Å². The molecule has 0 aliphatic carbocycles. The van der Waals surface area contributed by atoms with E-state index in [9.17, 15) is 0 Å². The van der Waals surface area contributed by atoms with E-state index in [1.54, 1.807) is 0 Å². The second kappa shape index (κ2) is 22.9. The molecule has 0 bridgehead atoms. The minimum Gasteiger partial charge on any atom is -0.456 e. The van der Waals surface area contributed by atoms with Crippen LogP contribution in [0.4, 0.5) is 0 Å². The second-order valence-corrected chi connectivity index (χ2v) is 28.9. The smallest absolute Gasteiger partial charge is 0.143 e. The van der Waals surface area contributed by atoms with Crippen LogP contribution in [0.25, 0.3) is 231 Å². The molecule has 7 nitrogen and oxygen atoms in total. The molecule has 0 aliphatic heterocycles. The van der Waals surface area contributed by atoms with Crippen molar-refractivity contribution in [2.75, 3.05) is 0 Å². The minimum atomic E-state index is 0.836. The van der Waals surface area contributed by atoms with Crippen LogP contribution in [0.1, 0.15) is 0 Å². The molecule has 24 aromatic rings. The Morgan fingerprint density at radius 1 is 0.156 bits per heavy atom. The van der Waals surface area contributed by atoms with Gasteiger partial charge in [-0.15, -0.1) is 0 Å². The number of furan rings is 3. The van der Waals surface area contributed by atoms with E-state index in [1.807, 2.05) is 18.2 Å². The van der Waals surface area contributed by atoms with Gasteiger partial charge >= 0.3 is 0 Å². The molecule has 0 saturated heterocycles. The van der Waals surface area contributed by atoms with Crippen LogP contribution in [0.5, 0.6) is 0 Å². The maximum Gasteiger partial charge on any atom is 0.143 e. The van der Waals surface area contributed by atoms with Crippen molar-refractivity contribution in [1.82, 2.24) is 18.3 Å². The second-order valence-electron chi connectivity index (χ2n) is 28.9. The van der Waals surface area contributed by atoms with Crippen molar-refractivity contribution in [2.24, 2.45) is 0 Å². The quantitative estimate of drug-likeness (QED) is 0.145. The van der Waals surface area contributed by atoms with Gasteiger partial charge in [0.25, 0.3) is 0 Å². The lowest BCUT2D eigenvalue weighted by molar-refractivity contribution is 0.668. The Hall–Kier alpha value is -14.7. The lowest BCUT2D eigenvalue weighted by Crippen LogP contribution is -1.94. The van der Waals surface area contributed by atoms with Gasteiger partial charge in [0.2, 0.25) is 0 Å². The third-order valence-electron chi connectivity index (χ3n) is 23.2. The van der Waals surface area contributed by atoms with E-state index in [2.05, 4.69) is 364 Å². The van der Waals surface area contributed by atoms with Crippen molar-refractivity contribution in [3.63, 3.8) is 0 Å². The van der Waals surface area contributed by atoms with Gasteiger partial charge < -0.3 is 31.5 Å². The van der Waals surface area contributed by atoms with Crippen molar-refractivity contribution in [3.8, 4) is 78.4 Å². The number of rotatable bonds is 9. The molecule has 109 heavy (non-hydrogen) atoms. The minimum absolute atomic E-state index is 0.836. The first-order valence-electron chi connectivity index (χ1n) is 37.3. The number of nitrogens with zero attached hydrogens (tertiary/aromatic N) is 4. The molecule has 7 heteroatoms. The van der Waals surface area contributed by atoms with Crippen molar-refractivity contribution < 1.29 is 13.3 Å². The summed E-state index contributed by atoms with van der Waals surface area (Å²) >= 11 is 0. The van der Waals surface area contributed by atoms with Gasteiger partial charge in [0, 0.05) is 104 Å². The van der Waals surface area contributed by atoms with E-state index < -0.39 is 0 Å². The summed E-state index contributed by atoms with van der Waals surface area (Å²) in [7, 11) is 0. The zero-order valence-corrected chi connectivity index (χ0v) is 58.7. The van der Waals surface area contributed by atoms with Gasteiger partial charge in [0.15, 0.2) is 0 Å². The zero-order valence-electron chi connectivity index (χ0n) is 58.7. The highest BCUT2D eigenvalue weighted by atomic mass is 16.3. The van der Waals surface area contributed by atoms with E-state index in [1.165, 1.54) is 76.6 Å². The predicted octanol–water partition coefficient (Wildman–Crippen LogP) is 28.1. The van der Waals surface area contributed by atoms with Crippen LogP contribution < -0.4 is 0 Å². The van der Waals surface area contributed by atoms with Gasteiger partial charge in [0.05, 0.1) is 44.1 Å². The number of hydrogen-bond donors (Lipinski definition) is 0. The Bertz CT molecular complexity index is 7980. The summed E-state index contributed by atoms with van der Waals surface area (Å²) < 4.78 is 29.7. The summed E-state index contributed by atoms with van der Waals surface area (Å²) in [5, 5.41) is 16.1. The fraction of sp³-hybridized carbons (Fsp3) is 0. The fourth-order valence-corrected chi connectivity index (χ4v) is 18.5. The molecule has 7 heterocycles. The third-order valence-corrected chi connectivity index (χ3v) is 23.2. The molecule has 0 fully saturated rings. The highest BCUT2D eigenvalue weighted by Gasteiger charge is 2.26. The predicted molar refractivity (Wildman–Crippen MR) is 453 cm³/mol. The third kappa shape index (κ3) is 8.75. The van der Waals surface area contributed by atoms with E-state index >= 15 is 0 Å². The van der Waals surface area contributed by atoms with Crippen LogP contribution >= 0.6 is 0 Å². The SMILES string of the molecule is c1ccc(-c2ccc(-n3c4ccccc4c4c(-c5cccc6c5c5ccccc5n6-c5cccc(-c6ccc7oc8c(-c9ccc%10c%11c(-c%12cccc%13c%12c%12ccccc%12n%13-c%12ccc%13oc%14ccccc%14c%13c%12)cccc%11n(-c%11ccc%12oc%13ccccc%13c%12c%11)c%10c9)cccc8c7c6)c5)cccc43)cc2)cc1. The summed E-state index contributed by atoms with van der Waals surface area (Å²) in [5.74, 6) is 0. The van der Waals surface area contributed by atoms with Gasteiger partial charge in [-0.1, -0.05) is 231 Å². The van der Waals surface area contributed by atoms with Crippen LogP contribution in [0.3, 0.4) is 0 Å². The molecule has 0 spiro atoms. The maximum absolute atomic E-state index is 7.11. The number of para-hydroxylation sites is 6. The van der Waals surface area contributed by atoms with Crippen molar-refractivity contribution >= 4 is 153 Å². The van der Waals surface area contributed by atoms with Crippen LogP contribution in [0, 0.1) is 0 Å². The summed E-state index contributed by atoms with van der Waals surface area (Å²) in [6.07, 6.45) is 0. The van der Waals surface area contributed by atoms with Gasteiger partial charge in [-0.2, -0.15) is 0 Å².